The Hall–Kier alpha value is -10.5. The molecule has 0 saturated heterocycles. The van der Waals surface area contributed by atoms with Crippen molar-refractivity contribution in [2.45, 2.75) is 185 Å². The van der Waals surface area contributed by atoms with Gasteiger partial charge < -0.3 is 115 Å². The number of benzene rings is 2. The predicted molar refractivity (Wildman–Crippen MR) is 354 cm³/mol. The van der Waals surface area contributed by atoms with E-state index in [9.17, 15) is 108 Å². The van der Waals surface area contributed by atoms with Crippen LogP contribution in [0.3, 0.4) is 0 Å². The lowest BCUT2D eigenvalue weighted by molar-refractivity contribution is -0.142. The van der Waals surface area contributed by atoms with Crippen LogP contribution >= 0.6 is 0 Å². The lowest BCUT2D eigenvalue weighted by atomic mass is 10.0. The molecule has 3 aromatic rings. The minimum Gasteiger partial charge on any atom is -0.508 e. The molecule has 0 radical (unpaired) electrons. The van der Waals surface area contributed by atoms with E-state index in [4.69, 9.17) is 5.73 Å². The molecule has 0 spiro atoms. The number of carboxylic acids is 2. The van der Waals surface area contributed by atoms with Crippen LogP contribution in [0.5, 0.6) is 5.75 Å². The number of H-pyrrole nitrogens is 1. The maximum absolute atomic E-state index is 14.2. The number of aldehydes is 1. The molecule has 0 aliphatic rings. The Bertz CT molecular complexity index is 3340. The molecular formula is C64H93N15O22. The fourth-order valence-electron chi connectivity index (χ4n) is 9.60. The van der Waals surface area contributed by atoms with Gasteiger partial charge in [-0.3, -0.25) is 67.1 Å². The minimum atomic E-state index is -2.08. The number of aromatic hydroxyl groups is 1. The Morgan fingerprint density at radius 3 is 1.50 bits per heavy atom. The molecule has 3 rings (SSSR count). The number of nitrogens with one attached hydrogen (secondary N) is 13. The summed E-state index contributed by atoms with van der Waals surface area (Å²) in [5.74, 6) is -17.6. The Morgan fingerprint density at radius 1 is 0.545 bits per heavy atom. The fourth-order valence-corrected chi connectivity index (χ4v) is 9.60. The largest absolute Gasteiger partial charge is 0.508 e. The molecule has 101 heavy (non-hydrogen) atoms. The van der Waals surface area contributed by atoms with Crippen molar-refractivity contribution in [1.82, 2.24) is 73.8 Å². The maximum atomic E-state index is 14.2. The molecule has 0 aliphatic carbocycles. The Balaban J connectivity index is 1.77. The summed E-state index contributed by atoms with van der Waals surface area (Å²) in [5, 5.41) is 98.8. The molecule has 22 N–H and O–H groups in total. The quantitative estimate of drug-likeness (QED) is 0.0234. The standard InChI is InChI=1S/C64H93N15O22/c1-31(2)20-38(27-80)69-55(93)42(22-36-14-16-39(85)17-15-36)70-58(96)45(28-81)73-60(98)50(32(3)4)77-57(95)44(24-49(89)90)71-59(97)46(29-82)74-62(100)52(34(6)84)78-56(94)43(21-35-12-10-9-11-13-35)72-61(99)51(33(5)83)76-47(86)26-67-54(92)41(18-19-48(87)88)75-63(101)64(7,8)79-53(91)40(65)23-37-25-66-30-68-37/h9-17,25,27,30-34,38,40-46,50-52,81-85H,18-24,26,28-29,65H2,1-8H3,(H,66,68)(H,67,92)(H,69,93)(H,70,96)(H,71,97)(H,72,99)(H,73,98)(H,74,100)(H,75,101)(H,76,86)(H,77,95)(H,78,94)(H,79,91)(H,87,88)(H,89,90)/t33-,34-,38+,40+,41+,42+,43+,44+,45+,46+,50+,51+,52+/m1/s1. The second kappa shape index (κ2) is 41.2. The van der Waals surface area contributed by atoms with Gasteiger partial charge in [0.15, 0.2) is 0 Å². The fraction of sp³-hybridized carbons (Fsp3) is 0.531. The van der Waals surface area contributed by atoms with E-state index in [-0.39, 0.29) is 37.4 Å². The molecule has 0 bridgehead atoms. The molecule has 2 aromatic carbocycles. The first-order valence-electron chi connectivity index (χ1n) is 32.0. The molecule has 13 atom stereocenters. The zero-order valence-electron chi connectivity index (χ0n) is 56.9. The molecule has 0 saturated carbocycles. The van der Waals surface area contributed by atoms with Crippen molar-refractivity contribution < 1.29 is 108 Å². The van der Waals surface area contributed by atoms with Crippen molar-refractivity contribution in [3.05, 3.63) is 83.9 Å². The third-order valence-electron chi connectivity index (χ3n) is 15.2. The van der Waals surface area contributed by atoms with Crippen molar-refractivity contribution in [2.24, 2.45) is 17.6 Å². The number of carbonyl (C=O) groups is 15. The number of aliphatic carboxylic acids is 2. The number of phenols is 1. The van der Waals surface area contributed by atoms with Crippen LogP contribution in [-0.4, -0.2) is 239 Å². The molecule has 0 unspecified atom stereocenters. The van der Waals surface area contributed by atoms with Crippen molar-refractivity contribution >= 4 is 89.1 Å². The molecule has 37 heteroatoms. The first kappa shape index (κ1) is 84.7. The van der Waals surface area contributed by atoms with Crippen LogP contribution in [0, 0.1) is 11.8 Å². The van der Waals surface area contributed by atoms with Gasteiger partial charge in [0, 0.05) is 37.6 Å². The van der Waals surface area contributed by atoms with E-state index in [1.165, 1.54) is 76.6 Å². The number of rotatable bonds is 43. The van der Waals surface area contributed by atoms with Gasteiger partial charge in [-0.15, -0.1) is 0 Å². The number of carbonyl (C=O) groups excluding carboxylic acids is 13. The maximum Gasteiger partial charge on any atom is 0.305 e. The Labute approximate surface area is 580 Å². The predicted octanol–water partition coefficient (Wildman–Crippen LogP) is -6.68. The number of hydrogen-bond acceptors (Lipinski definition) is 22. The van der Waals surface area contributed by atoms with E-state index >= 15 is 0 Å². The van der Waals surface area contributed by atoms with Gasteiger partial charge in [0.05, 0.1) is 56.8 Å². The summed E-state index contributed by atoms with van der Waals surface area (Å²) in [7, 11) is 0. The highest BCUT2D eigenvalue weighted by Crippen LogP contribution is 2.15. The number of amides is 12. The molecular weight excluding hydrogens is 1330 g/mol. The van der Waals surface area contributed by atoms with Gasteiger partial charge in [-0.25, -0.2) is 4.98 Å². The number of nitrogens with two attached hydrogens (primary N) is 1. The second-order valence-electron chi connectivity index (χ2n) is 25.1. The van der Waals surface area contributed by atoms with Gasteiger partial charge in [0.1, 0.15) is 72.0 Å². The molecule has 1 heterocycles. The van der Waals surface area contributed by atoms with Crippen molar-refractivity contribution in [3.8, 4) is 5.75 Å². The number of nitrogens with zero attached hydrogens (tertiary/aromatic N) is 1. The Morgan fingerprint density at radius 2 is 1.02 bits per heavy atom. The van der Waals surface area contributed by atoms with Crippen LogP contribution in [0.4, 0.5) is 0 Å². The van der Waals surface area contributed by atoms with Gasteiger partial charge >= 0.3 is 11.9 Å². The minimum absolute atomic E-state index is 0.0160. The molecule has 12 amide bonds. The average molecular weight is 1420 g/mol. The van der Waals surface area contributed by atoms with E-state index < -0.39 is 212 Å². The average Bonchev–Trinajstić information content (AvgIpc) is 1.74. The van der Waals surface area contributed by atoms with Crippen LogP contribution in [0.1, 0.15) is 97.9 Å². The highest BCUT2D eigenvalue weighted by atomic mass is 16.4. The zero-order chi connectivity index (χ0) is 76.0. The summed E-state index contributed by atoms with van der Waals surface area (Å²) in [5.41, 5.74) is 5.61. The normalized spacial score (nSPS) is 15.2. The number of hydrogen-bond donors (Lipinski definition) is 21. The highest BCUT2D eigenvalue weighted by molar-refractivity contribution is 6.00. The van der Waals surface area contributed by atoms with E-state index in [1.807, 2.05) is 13.8 Å². The first-order valence-corrected chi connectivity index (χ1v) is 32.0. The van der Waals surface area contributed by atoms with Gasteiger partial charge in [-0.1, -0.05) is 70.2 Å². The second-order valence-corrected chi connectivity index (χ2v) is 25.1. The number of imidazole rings is 1. The molecule has 1 aromatic heterocycles. The monoisotopic (exact) mass is 1420 g/mol. The number of aliphatic hydroxyl groups is 4. The number of carboxylic acid groups (broad SMARTS) is 2. The molecule has 0 fully saturated rings. The zero-order valence-corrected chi connectivity index (χ0v) is 56.9. The smallest absolute Gasteiger partial charge is 0.305 e. The van der Waals surface area contributed by atoms with Crippen LogP contribution < -0.4 is 69.5 Å². The summed E-state index contributed by atoms with van der Waals surface area (Å²) in [6.45, 7) is 7.82. The third-order valence-corrected chi connectivity index (χ3v) is 15.2. The number of phenolic OH excluding ortho intramolecular Hbond substituents is 1. The van der Waals surface area contributed by atoms with Gasteiger partial charge in [0.2, 0.25) is 70.9 Å². The van der Waals surface area contributed by atoms with Crippen molar-refractivity contribution in [3.63, 3.8) is 0 Å². The van der Waals surface area contributed by atoms with E-state index in [2.05, 4.69) is 73.8 Å². The SMILES string of the molecule is CC(C)C[C@@H](C=O)NC(=O)[C@H](Cc1ccc(O)cc1)NC(=O)[C@H](CO)NC(=O)[C@@H](NC(=O)[C@H](CC(=O)O)NC(=O)[C@H](CO)NC(=O)[C@@H](NC(=O)[C@H](Cc1ccccc1)NC(=O)[C@@H](NC(=O)CNC(=O)[C@H](CCC(=O)O)NC(=O)C(C)(C)NC(=O)[C@@H](N)Cc1cnc[nH]1)[C@@H](C)O)[C@@H](C)O)C(C)C. The first-order chi connectivity index (χ1) is 47.4. The van der Waals surface area contributed by atoms with E-state index in [0.29, 0.717) is 23.1 Å². The van der Waals surface area contributed by atoms with Crippen LogP contribution in [0.25, 0.3) is 0 Å². The van der Waals surface area contributed by atoms with Crippen LogP contribution in [0.2, 0.25) is 0 Å². The highest BCUT2D eigenvalue weighted by Gasteiger charge is 2.39. The number of aliphatic hydroxyl groups excluding tert-OH is 4. The van der Waals surface area contributed by atoms with E-state index in [1.54, 1.807) is 18.2 Å². The van der Waals surface area contributed by atoms with Crippen LogP contribution in [0.15, 0.2) is 67.1 Å². The molecule has 37 nitrogen and oxygen atoms in total. The summed E-state index contributed by atoms with van der Waals surface area (Å²) in [6.07, 6.45) is -2.92. The summed E-state index contributed by atoms with van der Waals surface area (Å²) in [4.78, 5) is 206. The lowest BCUT2D eigenvalue weighted by Gasteiger charge is -2.29. The van der Waals surface area contributed by atoms with Crippen LogP contribution in [-0.2, 0) is 91.2 Å². The summed E-state index contributed by atoms with van der Waals surface area (Å²) >= 11 is 0. The van der Waals surface area contributed by atoms with E-state index in [0.717, 1.165) is 13.8 Å². The van der Waals surface area contributed by atoms with Gasteiger partial charge in [-0.05, 0) is 75.6 Å². The topological polar surface area (TPSA) is 597 Å². The molecule has 556 valence electrons. The molecule has 0 aliphatic heterocycles. The van der Waals surface area contributed by atoms with Gasteiger partial charge in [-0.2, -0.15) is 0 Å². The van der Waals surface area contributed by atoms with Crippen molar-refractivity contribution in [1.29, 1.82) is 0 Å². The summed E-state index contributed by atoms with van der Waals surface area (Å²) in [6, 6.07) is -5.04. The Kier molecular flexibility index (Phi) is 34.5. The summed E-state index contributed by atoms with van der Waals surface area (Å²) < 4.78 is 0. The van der Waals surface area contributed by atoms with Crippen molar-refractivity contribution in [2.75, 3.05) is 19.8 Å². The number of aromatic amines is 1. The van der Waals surface area contributed by atoms with Gasteiger partial charge in [0.25, 0.3) is 0 Å². The number of aromatic nitrogens is 2. The third kappa shape index (κ3) is 29.1. The lowest BCUT2D eigenvalue weighted by Crippen LogP contribution is -2.63.